The van der Waals surface area contributed by atoms with Crippen LogP contribution in [0.3, 0.4) is 0 Å². The van der Waals surface area contributed by atoms with Crippen LogP contribution in [0.5, 0.6) is 5.75 Å². The van der Waals surface area contributed by atoms with Gasteiger partial charge in [0.05, 0.1) is 13.0 Å². The Morgan fingerprint density at radius 1 is 1.44 bits per heavy atom. The summed E-state index contributed by atoms with van der Waals surface area (Å²) in [4.78, 5) is 23.8. The highest BCUT2D eigenvalue weighted by atomic mass is 16.5. The summed E-state index contributed by atoms with van der Waals surface area (Å²) in [5.74, 6) is -0.980. The molecule has 1 aromatic carbocycles. The zero-order valence-corrected chi connectivity index (χ0v) is 10.7. The highest BCUT2D eigenvalue weighted by molar-refractivity contribution is 5.86. The minimum atomic E-state index is -1.02. The van der Waals surface area contributed by atoms with Crippen LogP contribution in [-0.4, -0.2) is 42.6 Å². The number of likely N-dealkylation sites (N-methyl/N-ethyl adjacent to an activating group) is 1. The summed E-state index contributed by atoms with van der Waals surface area (Å²) in [7, 11) is 3.04. The molecule has 0 saturated heterocycles. The van der Waals surface area contributed by atoms with Crippen molar-refractivity contribution in [3.05, 3.63) is 29.8 Å². The molecule has 5 heteroatoms. The summed E-state index contributed by atoms with van der Waals surface area (Å²) in [5, 5.41) is 8.65. The summed E-state index contributed by atoms with van der Waals surface area (Å²) in [6, 6.07) is 7.19. The van der Waals surface area contributed by atoms with E-state index in [1.54, 1.807) is 32.2 Å². The van der Waals surface area contributed by atoms with Crippen LogP contribution in [0.4, 0.5) is 0 Å². The first-order valence-electron chi connectivity index (χ1n) is 5.56. The van der Waals surface area contributed by atoms with Crippen LogP contribution in [-0.2, 0) is 9.59 Å². The molecule has 1 aromatic rings. The first kappa shape index (κ1) is 14.0. The van der Waals surface area contributed by atoms with Crippen molar-refractivity contribution in [1.82, 2.24) is 4.90 Å². The number of hydrogen-bond donors (Lipinski definition) is 1. The molecule has 0 radical (unpaired) electrons. The summed E-state index contributed by atoms with van der Waals surface area (Å²) in [6.07, 6.45) is 0. The number of nitrogens with zero attached hydrogens (tertiary/aromatic N) is 1. The van der Waals surface area contributed by atoms with Gasteiger partial charge in [-0.05, 0) is 24.6 Å². The highest BCUT2D eigenvalue weighted by Gasteiger charge is 2.21. The molecule has 5 nitrogen and oxygen atoms in total. The van der Waals surface area contributed by atoms with Crippen LogP contribution in [0.1, 0.15) is 18.4 Å². The van der Waals surface area contributed by atoms with Crippen molar-refractivity contribution in [1.29, 1.82) is 0 Å². The van der Waals surface area contributed by atoms with Gasteiger partial charge in [-0.2, -0.15) is 0 Å². The number of benzene rings is 1. The minimum absolute atomic E-state index is 0.231. The van der Waals surface area contributed by atoms with Crippen molar-refractivity contribution < 1.29 is 19.4 Å². The monoisotopic (exact) mass is 251 g/mol. The van der Waals surface area contributed by atoms with Crippen LogP contribution in [0.15, 0.2) is 24.3 Å². The molecule has 0 saturated carbocycles. The third kappa shape index (κ3) is 3.48. The Morgan fingerprint density at radius 3 is 2.67 bits per heavy atom. The Kier molecular flexibility index (Phi) is 4.71. The molecular weight excluding hydrogens is 234 g/mol. The predicted octanol–water partition coefficient (Wildman–Crippen LogP) is 1.34. The van der Waals surface area contributed by atoms with E-state index in [2.05, 4.69) is 0 Å². The number of carbonyl (C=O) groups is 2. The molecule has 1 N–H and O–H groups in total. The Morgan fingerprint density at radius 2 is 2.11 bits per heavy atom. The fraction of sp³-hybridized carbons (Fsp3) is 0.385. The average molecular weight is 251 g/mol. The maximum absolute atomic E-state index is 12.0. The predicted molar refractivity (Wildman–Crippen MR) is 66.7 cm³/mol. The van der Waals surface area contributed by atoms with E-state index in [0.29, 0.717) is 5.75 Å². The van der Waals surface area contributed by atoms with E-state index in [-0.39, 0.29) is 12.5 Å². The maximum Gasteiger partial charge on any atom is 0.323 e. The van der Waals surface area contributed by atoms with Crippen molar-refractivity contribution in [2.75, 3.05) is 20.7 Å². The van der Waals surface area contributed by atoms with E-state index in [1.165, 1.54) is 11.9 Å². The van der Waals surface area contributed by atoms with Gasteiger partial charge in [-0.3, -0.25) is 9.59 Å². The van der Waals surface area contributed by atoms with Crippen molar-refractivity contribution >= 4 is 11.9 Å². The van der Waals surface area contributed by atoms with Crippen molar-refractivity contribution in [3.8, 4) is 5.75 Å². The van der Waals surface area contributed by atoms with Gasteiger partial charge in [0.15, 0.2) is 0 Å². The quantitative estimate of drug-likeness (QED) is 0.857. The Bertz CT molecular complexity index is 444. The third-order valence-corrected chi connectivity index (χ3v) is 2.71. The van der Waals surface area contributed by atoms with Gasteiger partial charge in [-0.1, -0.05) is 12.1 Å². The maximum atomic E-state index is 12.0. The van der Waals surface area contributed by atoms with Gasteiger partial charge in [0, 0.05) is 7.05 Å². The first-order chi connectivity index (χ1) is 8.45. The molecule has 1 atom stereocenters. The topological polar surface area (TPSA) is 66.8 Å². The smallest absolute Gasteiger partial charge is 0.323 e. The second-order valence-corrected chi connectivity index (χ2v) is 4.09. The van der Waals surface area contributed by atoms with Gasteiger partial charge >= 0.3 is 5.97 Å². The van der Waals surface area contributed by atoms with Crippen LogP contribution < -0.4 is 4.74 Å². The number of methoxy groups -OCH3 is 1. The molecule has 0 aliphatic rings. The normalized spacial score (nSPS) is 11.7. The summed E-state index contributed by atoms with van der Waals surface area (Å²) in [6.45, 7) is 1.45. The lowest BCUT2D eigenvalue weighted by Gasteiger charge is -2.20. The molecular formula is C13H17NO4. The fourth-order valence-corrected chi connectivity index (χ4v) is 1.66. The zero-order valence-electron chi connectivity index (χ0n) is 10.7. The van der Waals surface area contributed by atoms with Crippen LogP contribution in [0.2, 0.25) is 0 Å². The fourth-order valence-electron chi connectivity index (χ4n) is 1.66. The summed E-state index contributed by atoms with van der Waals surface area (Å²) >= 11 is 0. The third-order valence-electron chi connectivity index (χ3n) is 2.71. The molecule has 0 aliphatic carbocycles. The lowest BCUT2D eigenvalue weighted by atomic mass is 9.99. The molecule has 0 aliphatic heterocycles. The molecule has 1 amide bonds. The van der Waals surface area contributed by atoms with Crippen molar-refractivity contribution in [3.63, 3.8) is 0 Å². The van der Waals surface area contributed by atoms with Crippen molar-refractivity contribution in [2.45, 2.75) is 12.8 Å². The number of carbonyl (C=O) groups excluding carboxylic acids is 1. The highest BCUT2D eigenvalue weighted by Crippen LogP contribution is 2.21. The van der Waals surface area contributed by atoms with E-state index < -0.39 is 11.9 Å². The molecule has 18 heavy (non-hydrogen) atoms. The first-order valence-corrected chi connectivity index (χ1v) is 5.56. The molecule has 98 valence electrons. The van der Waals surface area contributed by atoms with E-state index in [4.69, 9.17) is 9.84 Å². The van der Waals surface area contributed by atoms with Crippen LogP contribution >= 0.6 is 0 Å². The van der Waals surface area contributed by atoms with Crippen molar-refractivity contribution in [2.24, 2.45) is 0 Å². The lowest BCUT2D eigenvalue weighted by molar-refractivity contribution is -0.143. The van der Waals surface area contributed by atoms with Gasteiger partial charge in [-0.25, -0.2) is 0 Å². The summed E-state index contributed by atoms with van der Waals surface area (Å²) in [5.41, 5.74) is 0.802. The van der Waals surface area contributed by atoms with Gasteiger partial charge < -0.3 is 14.7 Å². The lowest BCUT2D eigenvalue weighted by Crippen LogP contribution is -2.34. The Hall–Kier alpha value is -2.04. The number of carboxylic acid groups (broad SMARTS) is 1. The summed E-state index contributed by atoms with van der Waals surface area (Å²) < 4.78 is 5.09. The number of rotatable bonds is 5. The average Bonchev–Trinajstić information content (AvgIpc) is 2.36. The van der Waals surface area contributed by atoms with E-state index >= 15 is 0 Å². The number of hydrogen-bond acceptors (Lipinski definition) is 3. The zero-order chi connectivity index (χ0) is 13.7. The largest absolute Gasteiger partial charge is 0.497 e. The van der Waals surface area contributed by atoms with E-state index in [1.807, 2.05) is 6.07 Å². The number of amides is 1. The van der Waals surface area contributed by atoms with Crippen LogP contribution in [0.25, 0.3) is 0 Å². The van der Waals surface area contributed by atoms with Gasteiger partial charge in [0.25, 0.3) is 0 Å². The number of carboxylic acids is 1. The Labute approximate surface area is 106 Å². The van der Waals surface area contributed by atoms with E-state index in [9.17, 15) is 9.59 Å². The molecule has 1 unspecified atom stereocenters. The standard InChI is InChI=1S/C13H17NO4/c1-9(13(17)14(2)8-12(15)16)10-5-4-6-11(7-10)18-3/h4-7,9H,8H2,1-3H3,(H,15,16). The molecule has 1 rings (SSSR count). The number of aliphatic carboxylic acids is 1. The molecule has 0 fully saturated rings. The number of ether oxygens (including phenoxy) is 1. The molecule has 0 bridgehead atoms. The van der Waals surface area contributed by atoms with E-state index in [0.717, 1.165) is 5.56 Å². The second-order valence-electron chi connectivity index (χ2n) is 4.09. The Balaban J connectivity index is 2.82. The van der Waals surface area contributed by atoms with Gasteiger partial charge in [0.1, 0.15) is 12.3 Å². The SMILES string of the molecule is COc1cccc(C(C)C(=O)N(C)CC(=O)O)c1. The molecule has 0 heterocycles. The molecule has 0 spiro atoms. The van der Waals surface area contributed by atoms with Gasteiger partial charge in [0.2, 0.25) is 5.91 Å². The van der Waals surface area contributed by atoms with Gasteiger partial charge in [-0.15, -0.1) is 0 Å². The molecule has 0 aromatic heterocycles. The second kappa shape index (κ2) is 6.05. The van der Waals surface area contributed by atoms with Crippen LogP contribution in [0, 0.1) is 0 Å². The minimum Gasteiger partial charge on any atom is -0.497 e.